The highest BCUT2D eigenvalue weighted by Crippen LogP contribution is 2.70. The van der Waals surface area contributed by atoms with E-state index in [-0.39, 0.29) is 27.8 Å². The average Bonchev–Trinajstić information content (AvgIpc) is 3.12. The van der Waals surface area contributed by atoms with E-state index >= 15 is 0 Å². The van der Waals surface area contributed by atoms with Gasteiger partial charge in [-0.1, -0.05) is 164 Å². The summed E-state index contributed by atoms with van der Waals surface area (Å²) in [4.78, 5) is 2.14. The van der Waals surface area contributed by atoms with Crippen molar-refractivity contribution in [3.05, 3.63) is 157 Å². The lowest BCUT2D eigenvalue weighted by molar-refractivity contribution is 0.0763. The Morgan fingerprint density at radius 3 is 1.72 bits per heavy atom. The Morgan fingerprint density at radius 1 is 0.722 bits per heavy atom. The summed E-state index contributed by atoms with van der Waals surface area (Å²) in [5.41, 5.74) is 3.47. The summed E-state index contributed by atoms with van der Waals surface area (Å²) in [5, 5.41) is 3.91. The second-order valence-corrected chi connectivity index (χ2v) is 20.6. The van der Waals surface area contributed by atoms with Gasteiger partial charge in [0, 0.05) is 12.5 Å². The molecule has 2 aromatic rings. The van der Waals surface area contributed by atoms with Crippen molar-refractivity contribution in [3.63, 3.8) is 0 Å². The lowest BCUT2D eigenvalue weighted by Gasteiger charge is -2.54. The predicted octanol–water partition coefficient (Wildman–Crippen LogP) is 14.0. The minimum atomic E-state index is -2.28. The van der Waals surface area contributed by atoms with E-state index in [2.05, 4.69) is 237 Å². The molecule has 0 bridgehead atoms. The van der Waals surface area contributed by atoms with Gasteiger partial charge >= 0.3 is 0 Å². The fraction of sp³-hybridized carbons (Fsp3) is 0.431. The smallest absolute Gasteiger partial charge is 0.119 e. The van der Waals surface area contributed by atoms with E-state index in [4.69, 9.17) is 4.74 Å². The number of likely N-dealkylation sites (N-methyl/N-ethyl adjacent to an activating group) is 1. The van der Waals surface area contributed by atoms with Crippen LogP contribution in [-0.2, 0) is 0 Å². The van der Waals surface area contributed by atoms with Crippen molar-refractivity contribution in [1.29, 1.82) is 0 Å². The zero-order valence-corrected chi connectivity index (χ0v) is 37.4. The summed E-state index contributed by atoms with van der Waals surface area (Å²) in [6, 6.07) is 20.1. The van der Waals surface area contributed by atoms with E-state index in [0.29, 0.717) is 6.61 Å². The van der Waals surface area contributed by atoms with Gasteiger partial charge in [-0.15, -0.1) is 0 Å². The third-order valence-electron chi connectivity index (χ3n) is 11.1. The summed E-state index contributed by atoms with van der Waals surface area (Å²) in [5.74, 6) is 1.16. The first-order valence-corrected chi connectivity index (χ1v) is 21.6. The maximum atomic E-state index is 6.14. The van der Waals surface area contributed by atoms with Crippen LogP contribution >= 0.6 is 6.89 Å². The van der Waals surface area contributed by atoms with Gasteiger partial charge in [-0.25, -0.2) is 0 Å². The molecule has 2 nitrogen and oxygen atoms in total. The Bertz CT molecular complexity index is 1740. The molecule has 2 aromatic carbocycles. The maximum absolute atomic E-state index is 6.14. The highest BCUT2D eigenvalue weighted by atomic mass is 31.2. The van der Waals surface area contributed by atoms with E-state index in [1.54, 1.807) is 0 Å². The van der Waals surface area contributed by atoms with Crippen LogP contribution in [0.1, 0.15) is 101 Å². The molecule has 0 saturated heterocycles. The van der Waals surface area contributed by atoms with Crippen LogP contribution in [0.15, 0.2) is 151 Å². The van der Waals surface area contributed by atoms with Gasteiger partial charge in [0.2, 0.25) is 0 Å². The predicted molar refractivity (Wildman–Crippen MR) is 247 cm³/mol. The summed E-state index contributed by atoms with van der Waals surface area (Å²) in [7, 11) is 4.14. The summed E-state index contributed by atoms with van der Waals surface area (Å²) in [6.07, 6.45) is 25.8. The molecule has 3 heteroatoms. The molecule has 0 aliphatic carbocycles. The van der Waals surface area contributed by atoms with Gasteiger partial charge in [0.15, 0.2) is 0 Å². The molecule has 0 fully saturated rings. The Hall–Kier alpha value is -3.58. The monoisotopic (exact) mass is 748 g/mol. The fourth-order valence-electron chi connectivity index (χ4n) is 9.71. The second kappa shape index (κ2) is 20.9. The third-order valence-corrected chi connectivity index (χ3v) is 16.4. The Kier molecular flexibility index (Phi) is 18.0. The van der Waals surface area contributed by atoms with Crippen LogP contribution in [0, 0.1) is 16.7 Å². The van der Waals surface area contributed by atoms with E-state index < -0.39 is 6.89 Å². The van der Waals surface area contributed by atoms with Gasteiger partial charge in [-0.2, -0.15) is 0 Å². The first kappa shape index (κ1) is 46.6. The number of hydrogen-bond donors (Lipinski definition) is 0. The number of benzene rings is 2. The molecule has 3 atom stereocenters. The molecule has 0 heterocycles. The van der Waals surface area contributed by atoms with Gasteiger partial charge in [-0.3, -0.25) is 0 Å². The molecule has 0 N–H and O–H groups in total. The molecule has 0 aliphatic rings. The zero-order chi connectivity index (χ0) is 40.7. The maximum Gasteiger partial charge on any atom is 0.119 e. The molecule has 294 valence electrons. The number of nitrogens with zero attached hydrogens (tertiary/aromatic N) is 1. The van der Waals surface area contributed by atoms with Crippen LogP contribution in [0.2, 0.25) is 0 Å². The van der Waals surface area contributed by atoms with Crippen LogP contribution in [0.4, 0.5) is 0 Å². The third kappa shape index (κ3) is 10.4. The SMILES string of the molecule is C=CC(=CC)C(c1ccc(OCCN(C)C)cc1)C(C)(C)C(C(C=CC)=CC)C(C)(C)CC(C)(C)P(C(C=C)=CC)(=C(/C=C\C)/C=C\C)c1ccccc1. The van der Waals surface area contributed by atoms with Crippen LogP contribution in [0.25, 0.3) is 0 Å². The first-order chi connectivity index (χ1) is 25.5. The van der Waals surface area contributed by atoms with Crippen LogP contribution in [0.5, 0.6) is 5.75 Å². The summed E-state index contributed by atoms with van der Waals surface area (Å²) in [6.45, 7) is 36.1. The normalized spacial score (nSPS) is 16.2. The zero-order valence-electron chi connectivity index (χ0n) is 36.5. The van der Waals surface area contributed by atoms with Gasteiger partial charge < -0.3 is 9.64 Å². The van der Waals surface area contributed by atoms with Gasteiger partial charge in [0.1, 0.15) is 12.4 Å². The number of allylic oxidation sites excluding steroid dienone is 14. The Labute approximate surface area is 332 Å². The highest BCUT2D eigenvalue weighted by Gasteiger charge is 2.51. The largest absolute Gasteiger partial charge is 0.492 e. The van der Waals surface area contributed by atoms with Crippen molar-refractivity contribution in [3.8, 4) is 5.75 Å². The Morgan fingerprint density at radius 2 is 1.28 bits per heavy atom. The number of ether oxygens (including phenoxy) is 1. The van der Waals surface area contributed by atoms with Crippen molar-refractivity contribution in [1.82, 2.24) is 4.90 Å². The first-order valence-electron chi connectivity index (χ1n) is 19.9. The molecular formula is C51H74NOP. The van der Waals surface area contributed by atoms with Gasteiger partial charge in [-0.05, 0) is 136 Å². The molecule has 3 unspecified atom stereocenters. The molecule has 54 heavy (non-hydrogen) atoms. The fourth-order valence-corrected chi connectivity index (χ4v) is 15.4. The summed E-state index contributed by atoms with van der Waals surface area (Å²) < 4.78 is 6.14. The van der Waals surface area contributed by atoms with Gasteiger partial charge in [0.05, 0.1) is 0 Å². The summed E-state index contributed by atoms with van der Waals surface area (Å²) >= 11 is 0. The second-order valence-electron chi connectivity index (χ2n) is 16.5. The quantitative estimate of drug-likeness (QED) is 0.0988. The molecule has 0 aromatic heterocycles. The van der Waals surface area contributed by atoms with E-state index in [1.165, 1.54) is 32.6 Å². The molecular weight excluding hydrogens is 674 g/mol. The van der Waals surface area contributed by atoms with Crippen molar-refractivity contribution in [2.75, 3.05) is 27.2 Å². The number of rotatable bonds is 20. The topological polar surface area (TPSA) is 12.5 Å². The number of hydrogen-bond acceptors (Lipinski definition) is 2. The highest BCUT2D eigenvalue weighted by molar-refractivity contribution is 7.88. The van der Waals surface area contributed by atoms with Crippen molar-refractivity contribution in [2.45, 2.75) is 101 Å². The van der Waals surface area contributed by atoms with E-state index in [0.717, 1.165) is 18.7 Å². The minimum absolute atomic E-state index is 0.0875. The van der Waals surface area contributed by atoms with Gasteiger partial charge in [0.25, 0.3) is 0 Å². The van der Waals surface area contributed by atoms with E-state index in [9.17, 15) is 0 Å². The van der Waals surface area contributed by atoms with E-state index in [1.807, 2.05) is 0 Å². The minimum Gasteiger partial charge on any atom is -0.492 e. The lowest BCUT2D eigenvalue weighted by atomic mass is 9.53. The molecule has 0 amide bonds. The molecule has 0 radical (unpaired) electrons. The molecule has 2 rings (SSSR count). The molecule has 0 spiro atoms. The molecule has 0 aliphatic heterocycles. The van der Waals surface area contributed by atoms with Crippen LogP contribution < -0.4 is 10.0 Å². The lowest BCUT2D eigenvalue weighted by Crippen LogP contribution is -2.45. The van der Waals surface area contributed by atoms with Crippen molar-refractivity contribution < 1.29 is 4.74 Å². The van der Waals surface area contributed by atoms with Crippen LogP contribution in [0.3, 0.4) is 0 Å². The molecule has 0 saturated carbocycles. The van der Waals surface area contributed by atoms with Crippen molar-refractivity contribution >= 4 is 17.5 Å². The van der Waals surface area contributed by atoms with Crippen LogP contribution in [-0.4, -0.2) is 42.6 Å². The van der Waals surface area contributed by atoms with Crippen molar-refractivity contribution in [2.24, 2.45) is 16.7 Å². The standard InChI is InChI=1S/C51H74NOP/c1-17-28-41(22-6)48(51(13,14)47(40(20-4)21-5)42-33-35-43(36-34-42)53-38-37-52(15)16)49(9,10)39-50(11,12)54(44(23-7)24-8,45(29-18-2)30-19-3)46-31-26-25-27-32-46/h17-36,47-48H,4,7,37-39H2,1-3,5-6,8-16H3/b28-17?,29-18-,30-19-,40-21?,41-22?,44-24?. The Balaban J connectivity index is 3.06. The average molecular weight is 748 g/mol.